The lowest BCUT2D eigenvalue weighted by Crippen LogP contribution is -2.51. The van der Waals surface area contributed by atoms with Crippen molar-refractivity contribution in [1.29, 1.82) is 0 Å². The number of hydrogen-bond donors (Lipinski definition) is 2. The number of fused-ring (bicyclic) bond motifs is 5. The minimum atomic E-state index is -0.801. The molecule has 4 atom stereocenters. The summed E-state index contributed by atoms with van der Waals surface area (Å²) in [6.07, 6.45) is 4.11. The van der Waals surface area contributed by atoms with Crippen LogP contribution in [0.3, 0.4) is 0 Å². The van der Waals surface area contributed by atoms with Crippen LogP contribution in [0.25, 0.3) is 32.8 Å². The molecule has 4 aliphatic heterocycles. The monoisotopic (exact) mass is 553 g/mol. The molecule has 4 aliphatic rings. The number of piperazine rings is 1. The van der Waals surface area contributed by atoms with Crippen LogP contribution < -0.4 is 15.0 Å². The van der Waals surface area contributed by atoms with Gasteiger partial charge in [0.15, 0.2) is 0 Å². The molecule has 7 nitrogen and oxygen atoms in total. The average Bonchev–Trinajstić information content (AvgIpc) is 3.61. The van der Waals surface area contributed by atoms with E-state index in [1.165, 1.54) is 12.8 Å². The Hall–Kier alpha value is -3.49. The SMILES string of the molecule is Cc1c(-c2cc(O)cc3ccccc23)ccc2c(N3CC4CCC(C3)N4)nc(OC[C@]34CCCN3C[C@H](F)C4)nc12. The van der Waals surface area contributed by atoms with Gasteiger partial charge in [-0.3, -0.25) is 4.90 Å². The van der Waals surface area contributed by atoms with Gasteiger partial charge >= 0.3 is 6.01 Å². The van der Waals surface area contributed by atoms with Crippen LogP contribution in [0.5, 0.6) is 11.8 Å². The zero-order valence-electron chi connectivity index (χ0n) is 23.4. The van der Waals surface area contributed by atoms with Gasteiger partial charge < -0.3 is 20.1 Å². The number of phenols is 1. The Labute approximate surface area is 239 Å². The van der Waals surface area contributed by atoms with Crippen LogP contribution in [0.15, 0.2) is 48.5 Å². The fraction of sp³-hybridized carbons (Fsp3) is 0.455. The normalized spacial score (nSPS) is 27.7. The third kappa shape index (κ3) is 4.22. The van der Waals surface area contributed by atoms with Crippen molar-refractivity contribution in [3.8, 4) is 22.9 Å². The molecule has 0 saturated carbocycles. The number of phenolic OH excluding ortho intramolecular Hbond substituents is 1. The topological polar surface area (TPSA) is 73.8 Å². The highest BCUT2D eigenvalue weighted by molar-refractivity contribution is 6.02. The first-order valence-corrected chi connectivity index (χ1v) is 15.0. The maximum Gasteiger partial charge on any atom is 0.319 e. The van der Waals surface area contributed by atoms with E-state index in [2.05, 4.69) is 40.2 Å². The molecule has 2 bridgehead atoms. The van der Waals surface area contributed by atoms with E-state index in [0.717, 1.165) is 76.7 Å². The molecule has 1 aromatic heterocycles. The number of benzene rings is 3. The van der Waals surface area contributed by atoms with Crippen LogP contribution in [0.2, 0.25) is 0 Å². The van der Waals surface area contributed by atoms with Crippen LogP contribution in [-0.4, -0.2) is 76.6 Å². The maximum atomic E-state index is 14.4. The standard InChI is InChI=1S/C33H36FN5O2/c1-20-26(29-14-25(40)13-21-5-2-3-6-27(21)29)9-10-28-30(20)36-32(37-31(28)38-17-23-7-8-24(18-38)35-23)41-19-33-11-4-12-39(33)16-22(34)15-33/h2-3,5-6,9-10,13-14,22-24,35,40H,4,7-8,11-12,15-19H2,1H3/t22-,23?,24?,33-/m1/s1. The first-order valence-electron chi connectivity index (χ1n) is 15.0. The second-order valence-corrected chi connectivity index (χ2v) is 12.6. The lowest BCUT2D eigenvalue weighted by Gasteiger charge is -2.35. The lowest BCUT2D eigenvalue weighted by molar-refractivity contribution is 0.107. The summed E-state index contributed by atoms with van der Waals surface area (Å²) in [6, 6.07) is 17.3. The van der Waals surface area contributed by atoms with E-state index in [0.29, 0.717) is 37.7 Å². The van der Waals surface area contributed by atoms with Gasteiger partial charge in [0, 0.05) is 43.5 Å². The number of rotatable bonds is 5. The van der Waals surface area contributed by atoms with Crippen molar-refractivity contribution in [2.75, 3.05) is 37.7 Å². The van der Waals surface area contributed by atoms with Crippen molar-refractivity contribution < 1.29 is 14.2 Å². The molecule has 4 aromatic rings. The number of alkyl halides is 1. The summed E-state index contributed by atoms with van der Waals surface area (Å²) in [5.74, 6) is 1.15. The molecular formula is C33H36FN5O2. The van der Waals surface area contributed by atoms with E-state index in [1.807, 2.05) is 24.3 Å². The van der Waals surface area contributed by atoms with Gasteiger partial charge in [-0.2, -0.15) is 9.97 Å². The number of halogens is 1. The zero-order valence-corrected chi connectivity index (χ0v) is 23.4. The zero-order chi connectivity index (χ0) is 27.7. The van der Waals surface area contributed by atoms with E-state index in [4.69, 9.17) is 14.7 Å². The number of nitrogens with zero attached hydrogens (tertiary/aromatic N) is 4. The number of ether oxygens (including phenoxy) is 1. The number of hydrogen-bond acceptors (Lipinski definition) is 7. The fourth-order valence-electron chi connectivity index (χ4n) is 8.03. The summed E-state index contributed by atoms with van der Waals surface area (Å²) in [7, 11) is 0. The Bertz CT molecular complexity index is 1650. The van der Waals surface area contributed by atoms with Gasteiger partial charge in [-0.1, -0.05) is 30.3 Å². The number of aromatic hydroxyl groups is 1. The van der Waals surface area contributed by atoms with Gasteiger partial charge in [-0.15, -0.1) is 0 Å². The van der Waals surface area contributed by atoms with E-state index in [9.17, 15) is 9.50 Å². The van der Waals surface area contributed by atoms with Crippen molar-refractivity contribution in [1.82, 2.24) is 20.2 Å². The van der Waals surface area contributed by atoms with E-state index in [-0.39, 0.29) is 11.3 Å². The second kappa shape index (κ2) is 9.53. The lowest BCUT2D eigenvalue weighted by atomic mass is 9.93. The number of aryl methyl sites for hydroxylation is 1. The van der Waals surface area contributed by atoms with Crippen LogP contribution >= 0.6 is 0 Å². The summed E-state index contributed by atoms with van der Waals surface area (Å²) >= 11 is 0. The molecule has 41 heavy (non-hydrogen) atoms. The fourth-order valence-corrected chi connectivity index (χ4v) is 8.03. The van der Waals surface area contributed by atoms with Crippen LogP contribution in [0.1, 0.15) is 37.7 Å². The molecule has 4 fully saturated rings. The number of aromatic nitrogens is 2. The van der Waals surface area contributed by atoms with Crippen LogP contribution in [-0.2, 0) is 0 Å². The van der Waals surface area contributed by atoms with Crippen molar-refractivity contribution in [3.05, 3.63) is 54.1 Å². The molecule has 2 N–H and O–H groups in total. The highest BCUT2D eigenvalue weighted by Crippen LogP contribution is 2.42. The Kier molecular flexibility index (Phi) is 5.87. The first-order chi connectivity index (χ1) is 20.0. The summed E-state index contributed by atoms with van der Waals surface area (Å²) in [5, 5.41) is 17.4. The van der Waals surface area contributed by atoms with E-state index < -0.39 is 6.17 Å². The molecule has 212 valence electrons. The Morgan fingerprint density at radius 2 is 1.85 bits per heavy atom. The van der Waals surface area contributed by atoms with Gasteiger partial charge in [0.05, 0.1) is 11.1 Å². The molecule has 0 aliphatic carbocycles. The Morgan fingerprint density at radius 1 is 1.02 bits per heavy atom. The molecule has 0 radical (unpaired) electrons. The second-order valence-electron chi connectivity index (χ2n) is 12.6. The number of anilines is 1. The first kappa shape index (κ1) is 25.2. The molecular weight excluding hydrogens is 517 g/mol. The van der Waals surface area contributed by atoms with Crippen LogP contribution in [0, 0.1) is 6.92 Å². The average molecular weight is 554 g/mol. The quantitative estimate of drug-likeness (QED) is 0.345. The predicted molar refractivity (Wildman–Crippen MR) is 160 cm³/mol. The predicted octanol–water partition coefficient (Wildman–Crippen LogP) is 5.36. The smallest absolute Gasteiger partial charge is 0.319 e. The van der Waals surface area contributed by atoms with Crippen molar-refractivity contribution >= 4 is 27.5 Å². The molecule has 0 amide bonds. The van der Waals surface area contributed by atoms with Gasteiger partial charge in [0.1, 0.15) is 24.3 Å². The summed E-state index contributed by atoms with van der Waals surface area (Å²) in [6.45, 7) is 5.73. The van der Waals surface area contributed by atoms with E-state index >= 15 is 0 Å². The third-order valence-corrected chi connectivity index (χ3v) is 9.96. The Balaban J connectivity index is 1.24. The maximum absolute atomic E-state index is 14.4. The van der Waals surface area contributed by atoms with E-state index in [1.54, 1.807) is 6.07 Å². The molecule has 3 aromatic carbocycles. The minimum Gasteiger partial charge on any atom is -0.508 e. The largest absolute Gasteiger partial charge is 0.508 e. The molecule has 5 heterocycles. The highest BCUT2D eigenvalue weighted by atomic mass is 19.1. The van der Waals surface area contributed by atoms with Crippen molar-refractivity contribution in [2.45, 2.75) is 62.8 Å². The van der Waals surface area contributed by atoms with Gasteiger partial charge in [0.2, 0.25) is 0 Å². The molecule has 2 unspecified atom stereocenters. The third-order valence-electron chi connectivity index (χ3n) is 9.96. The van der Waals surface area contributed by atoms with Crippen LogP contribution in [0.4, 0.5) is 10.2 Å². The molecule has 8 heteroatoms. The highest BCUT2D eigenvalue weighted by Gasteiger charge is 2.49. The molecule has 4 saturated heterocycles. The van der Waals surface area contributed by atoms with Gasteiger partial charge in [-0.05, 0) is 84.8 Å². The van der Waals surface area contributed by atoms with Gasteiger partial charge in [-0.25, -0.2) is 4.39 Å². The Morgan fingerprint density at radius 3 is 2.71 bits per heavy atom. The van der Waals surface area contributed by atoms with Crippen molar-refractivity contribution in [2.24, 2.45) is 0 Å². The summed E-state index contributed by atoms with van der Waals surface area (Å²) in [5.41, 5.74) is 3.62. The molecule has 8 rings (SSSR count). The van der Waals surface area contributed by atoms with Gasteiger partial charge in [0.25, 0.3) is 0 Å². The minimum absolute atomic E-state index is 0.241. The molecule has 0 spiro atoms. The van der Waals surface area contributed by atoms with Crippen molar-refractivity contribution in [3.63, 3.8) is 0 Å². The summed E-state index contributed by atoms with van der Waals surface area (Å²) in [4.78, 5) is 14.7. The number of nitrogens with one attached hydrogen (secondary N) is 1. The summed E-state index contributed by atoms with van der Waals surface area (Å²) < 4.78 is 20.9.